The Hall–Kier alpha value is -1.70. The second-order valence-electron chi connectivity index (χ2n) is 5.29. The highest BCUT2D eigenvalue weighted by molar-refractivity contribution is 7.15. The molecule has 6 nitrogen and oxygen atoms in total. The number of morpholine rings is 1. The Bertz CT molecular complexity index is 624. The molecule has 118 valence electrons. The van der Waals surface area contributed by atoms with Gasteiger partial charge in [-0.2, -0.15) is 0 Å². The number of pyridine rings is 1. The lowest BCUT2D eigenvalue weighted by atomic mass is 10.2. The van der Waals surface area contributed by atoms with Crippen molar-refractivity contribution in [3.63, 3.8) is 0 Å². The Morgan fingerprint density at radius 1 is 1.27 bits per heavy atom. The van der Waals surface area contributed by atoms with Gasteiger partial charge in [0.15, 0.2) is 5.13 Å². The molecule has 2 aromatic heterocycles. The largest absolute Gasteiger partial charge is 0.379 e. The first-order valence-electron chi connectivity index (χ1n) is 7.41. The summed E-state index contributed by atoms with van der Waals surface area (Å²) in [5.74, 6) is 1.69. The standard InChI is InChI=1S/C15H21N5OS/c1-11-9-17-15(22-11)19-14-8-12(7-13(16-2)18-14)10-20-3-5-21-6-4-20/h7-9H,3-6,10H2,1-2H3,(H2,16,17,18,19). The van der Waals surface area contributed by atoms with E-state index >= 15 is 0 Å². The van der Waals surface area contributed by atoms with Crippen molar-refractivity contribution in [2.45, 2.75) is 13.5 Å². The number of thiazole rings is 1. The van der Waals surface area contributed by atoms with E-state index in [0.717, 1.165) is 49.6 Å². The van der Waals surface area contributed by atoms with Crippen molar-refractivity contribution in [1.29, 1.82) is 0 Å². The minimum Gasteiger partial charge on any atom is -0.379 e. The van der Waals surface area contributed by atoms with Gasteiger partial charge >= 0.3 is 0 Å². The predicted octanol–water partition coefficient (Wildman–Crippen LogP) is 2.46. The fourth-order valence-corrected chi connectivity index (χ4v) is 3.08. The highest BCUT2D eigenvalue weighted by Crippen LogP contribution is 2.23. The van der Waals surface area contributed by atoms with E-state index in [1.165, 1.54) is 10.4 Å². The van der Waals surface area contributed by atoms with Crippen molar-refractivity contribution < 1.29 is 4.74 Å². The molecular formula is C15H21N5OS. The van der Waals surface area contributed by atoms with Gasteiger partial charge in [-0.1, -0.05) is 0 Å². The molecule has 0 bridgehead atoms. The zero-order valence-corrected chi connectivity index (χ0v) is 13.7. The van der Waals surface area contributed by atoms with Gasteiger partial charge in [-0.3, -0.25) is 4.90 Å². The van der Waals surface area contributed by atoms with Gasteiger partial charge in [0, 0.05) is 37.8 Å². The first-order valence-corrected chi connectivity index (χ1v) is 8.23. The topological polar surface area (TPSA) is 62.3 Å². The summed E-state index contributed by atoms with van der Waals surface area (Å²) in [6.45, 7) is 6.54. The van der Waals surface area contributed by atoms with Crippen molar-refractivity contribution in [3.8, 4) is 0 Å². The lowest BCUT2D eigenvalue weighted by Crippen LogP contribution is -2.35. The summed E-state index contributed by atoms with van der Waals surface area (Å²) >= 11 is 1.63. The van der Waals surface area contributed by atoms with E-state index in [1.807, 2.05) is 20.2 Å². The third-order valence-electron chi connectivity index (χ3n) is 3.51. The average Bonchev–Trinajstić information content (AvgIpc) is 2.93. The van der Waals surface area contributed by atoms with Crippen LogP contribution in [0.15, 0.2) is 18.3 Å². The van der Waals surface area contributed by atoms with Gasteiger partial charge in [0.05, 0.1) is 13.2 Å². The van der Waals surface area contributed by atoms with Gasteiger partial charge in [-0.15, -0.1) is 11.3 Å². The predicted molar refractivity (Wildman–Crippen MR) is 90.0 cm³/mol. The Kier molecular flexibility index (Phi) is 4.87. The first kappa shape index (κ1) is 15.2. The van der Waals surface area contributed by atoms with E-state index in [9.17, 15) is 0 Å². The summed E-state index contributed by atoms with van der Waals surface area (Å²) in [5.41, 5.74) is 1.23. The second-order valence-corrected chi connectivity index (χ2v) is 6.52. The maximum absolute atomic E-state index is 5.40. The summed E-state index contributed by atoms with van der Waals surface area (Å²) < 4.78 is 5.40. The van der Waals surface area contributed by atoms with Crippen LogP contribution in [0, 0.1) is 6.92 Å². The van der Waals surface area contributed by atoms with E-state index in [1.54, 1.807) is 11.3 Å². The van der Waals surface area contributed by atoms with Gasteiger partial charge in [0.25, 0.3) is 0 Å². The summed E-state index contributed by atoms with van der Waals surface area (Å²) in [6, 6.07) is 4.18. The zero-order valence-electron chi connectivity index (χ0n) is 12.9. The molecule has 0 aliphatic carbocycles. The molecule has 7 heteroatoms. The molecular weight excluding hydrogens is 298 g/mol. The molecule has 0 atom stereocenters. The van der Waals surface area contributed by atoms with Gasteiger partial charge in [0.1, 0.15) is 11.6 Å². The van der Waals surface area contributed by atoms with Gasteiger partial charge in [-0.05, 0) is 24.6 Å². The SMILES string of the molecule is CNc1cc(CN2CCOCC2)cc(Nc2ncc(C)s2)n1. The first-order chi connectivity index (χ1) is 10.7. The molecule has 2 aromatic rings. The quantitative estimate of drug-likeness (QED) is 0.883. The summed E-state index contributed by atoms with van der Waals surface area (Å²) in [5, 5.41) is 7.29. The molecule has 0 saturated carbocycles. The van der Waals surface area contributed by atoms with Gasteiger partial charge in [-0.25, -0.2) is 9.97 Å². The lowest BCUT2D eigenvalue weighted by Gasteiger charge is -2.26. The monoisotopic (exact) mass is 319 g/mol. The Labute approximate surface area is 134 Å². The highest BCUT2D eigenvalue weighted by Gasteiger charge is 2.12. The molecule has 1 aliphatic heterocycles. The summed E-state index contributed by atoms with van der Waals surface area (Å²) in [6.07, 6.45) is 1.86. The van der Waals surface area contributed by atoms with Crippen LogP contribution in [-0.2, 0) is 11.3 Å². The van der Waals surface area contributed by atoms with Crippen molar-refractivity contribution in [2.24, 2.45) is 0 Å². The number of nitrogens with zero attached hydrogens (tertiary/aromatic N) is 3. The number of ether oxygens (including phenoxy) is 1. The summed E-state index contributed by atoms with van der Waals surface area (Å²) in [7, 11) is 1.89. The molecule has 1 fully saturated rings. The van der Waals surface area contributed by atoms with E-state index < -0.39 is 0 Å². The van der Waals surface area contributed by atoms with Crippen LogP contribution in [0.3, 0.4) is 0 Å². The molecule has 2 N–H and O–H groups in total. The van der Waals surface area contributed by atoms with Gasteiger partial charge in [0.2, 0.25) is 0 Å². The van der Waals surface area contributed by atoms with Crippen molar-refractivity contribution in [1.82, 2.24) is 14.9 Å². The molecule has 0 aromatic carbocycles. The normalized spacial score (nSPS) is 15.7. The zero-order chi connectivity index (χ0) is 15.4. The van der Waals surface area contributed by atoms with Crippen molar-refractivity contribution in [3.05, 3.63) is 28.8 Å². The van der Waals surface area contributed by atoms with Crippen LogP contribution in [0.1, 0.15) is 10.4 Å². The molecule has 0 spiro atoms. The molecule has 1 aliphatic rings. The fourth-order valence-electron chi connectivity index (χ4n) is 2.41. The molecule has 0 amide bonds. The van der Waals surface area contributed by atoms with Crippen LogP contribution >= 0.6 is 11.3 Å². The van der Waals surface area contributed by atoms with Crippen LogP contribution in [0.25, 0.3) is 0 Å². The van der Waals surface area contributed by atoms with Crippen LogP contribution in [0.5, 0.6) is 0 Å². The minimum atomic E-state index is 0.813. The second kappa shape index (κ2) is 7.04. The van der Waals surface area contributed by atoms with E-state index in [2.05, 4.69) is 37.6 Å². The molecule has 0 unspecified atom stereocenters. The average molecular weight is 319 g/mol. The smallest absolute Gasteiger partial charge is 0.188 e. The fraction of sp³-hybridized carbons (Fsp3) is 0.467. The van der Waals surface area contributed by atoms with Crippen LogP contribution in [0.2, 0.25) is 0 Å². The van der Waals surface area contributed by atoms with E-state index in [4.69, 9.17) is 4.74 Å². The number of hydrogen-bond acceptors (Lipinski definition) is 7. The van der Waals surface area contributed by atoms with E-state index in [0.29, 0.717) is 0 Å². The Morgan fingerprint density at radius 3 is 2.73 bits per heavy atom. The number of nitrogens with one attached hydrogen (secondary N) is 2. The Balaban J connectivity index is 1.76. The Morgan fingerprint density at radius 2 is 2.05 bits per heavy atom. The van der Waals surface area contributed by atoms with Crippen molar-refractivity contribution in [2.75, 3.05) is 44.0 Å². The number of aryl methyl sites for hydroxylation is 1. The summed E-state index contributed by atoms with van der Waals surface area (Å²) in [4.78, 5) is 12.5. The number of anilines is 3. The minimum absolute atomic E-state index is 0.813. The van der Waals surface area contributed by atoms with Crippen LogP contribution in [0.4, 0.5) is 16.8 Å². The van der Waals surface area contributed by atoms with Crippen molar-refractivity contribution >= 4 is 28.1 Å². The van der Waals surface area contributed by atoms with Crippen LogP contribution < -0.4 is 10.6 Å². The molecule has 22 heavy (non-hydrogen) atoms. The molecule has 3 rings (SSSR count). The molecule has 1 saturated heterocycles. The van der Waals surface area contributed by atoms with E-state index in [-0.39, 0.29) is 0 Å². The number of rotatable bonds is 5. The third-order valence-corrected chi connectivity index (χ3v) is 4.34. The van der Waals surface area contributed by atoms with Gasteiger partial charge < -0.3 is 15.4 Å². The number of hydrogen-bond donors (Lipinski definition) is 2. The third kappa shape index (κ3) is 3.94. The molecule has 0 radical (unpaired) electrons. The maximum atomic E-state index is 5.40. The van der Waals surface area contributed by atoms with Crippen LogP contribution in [-0.4, -0.2) is 48.2 Å². The lowest BCUT2D eigenvalue weighted by molar-refractivity contribution is 0.0342. The number of aromatic nitrogens is 2. The maximum Gasteiger partial charge on any atom is 0.188 e. The highest BCUT2D eigenvalue weighted by atomic mass is 32.1. The molecule has 3 heterocycles.